The molecule has 2 aliphatic heterocycles. The fraction of sp³-hybridized carbons (Fsp3) is 0.385. The number of Topliss-reactive ketones (excluding diaryl/α,β-unsaturated/α-hetero) is 1. The molecule has 0 saturated carbocycles. The number of aryl methyl sites for hydroxylation is 1. The third-order valence-corrected chi connectivity index (χ3v) is 8.43. The molecule has 192 valence electrons. The van der Waals surface area contributed by atoms with Gasteiger partial charge in [0.2, 0.25) is 10.0 Å². The number of rotatable bonds is 7. The molecule has 36 heavy (non-hydrogen) atoms. The summed E-state index contributed by atoms with van der Waals surface area (Å²) < 4.78 is 31.3. The van der Waals surface area contributed by atoms with Gasteiger partial charge < -0.3 is 14.7 Å². The second kappa shape index (κ2) is 10.5. The number of aliphatic hydroxyl groups excluding tert-OH is 1. The third-order valence-electron chi connectivity index (χ3n) is 6.60. The van der Waals surface area contributed by atoms with Gasteiger partial charge in [0, 0.05) is 45.8 Å². The number of sulfonamides is 1. The van der Waals surface area contributed by atoms with Crippen LogP contribution < -0.4 is 0 Å². The highest BCUT2D eigenvalue weighted by atomic mass is 32.2. The zero-order chi connectivity index (χ0) is 26.0. The highest BCUT2D eigenvalue weighted by Crippen LogP contribution is 2.39. The summed E-state index contributed by atoms with van der Waals surface area (Å²) in [7, 11) is -0.782. The SMILES string of the molecule is Cc1ccc(C2/C(=C(\O)c3ccc(S(=O)(=O)N(C)C)cc3)C(=O)C(=O)N2CCN2CCOCC2)cc1. The Morgan fingerprint density at radius 3 is 2.19 bits per heavy atom. The zero-order valence-corrected chi connectivity index (χ0v) is 21.5. The van der Waals surface area contributed by atoms with Crippen LogP contribution in [0.2, 0.25) is 0 Å². The monoisotopic (exact) mass is 513 g/mol. The quantitative estimate of drug-likeness (QED) is 0.343. The van der Waals surface area contributed by atoms with Crippen LogP contribution in [0, 0.1) is 6.92 Å². The maximum Gasteiger partial charge on any atom is 0.295 e. The van der Waals surface area contributed by atoms with Crippen LogP contribution in [0.4, 0.5) is 0 Å². The number of ether oxygens (including phenoxy) is 1. The summed E-state index contributed by atoms with van der Waals surface area (Å²) in [6.45, 7) is 5.60. The van der Waals surface area contributed by atoms with E-state index in [1.54, 1.807) is 0 Å². The van der Waals surface area contributed by atoms with Crippen molar-refractivity contribution < 1.29 is 27.9 Å². The van der Waals surface area contributed by atoms with Gasteiger partial charge in [-0.05, 0) is 36.8 Å². The molecule has 2 heterocycles. The second-order valence-electron chi connectivity index (χ2n) is 9.17. The van der Waals surface area contributed by atoms with Crippen molar-refractivity contribution in [3.8, 4) is 0 Å². The molecule has 4 rings (SSSR count). The van der Waals surface area contributed by atoms with Gasteiger partial charge in [-0.3, -0.25) is 14.5 Å². The summed E-state index contributed by atoms with van der Waals surface area (Å²) in [6.07, 6.45) is 0. The number of likely N-dealkylation sites (tertiary alicyclic amines) is 1. The van der Waals surface area contributed by atoms with Crippen molar-refractivity contribution in [3.63, 3.8) is 0 Å². The predicted octanol–water partition coefficient (Wildman–Crippen LogP) is 2.00. The van der Waals surface area contributed by atoms with Gasteiger partial charge in [-0.25, -0.2) is 12.7 Å². The molecule has 0 aromatic heterocycles. The van der Waals surface area contributed by atoms with Crippen molar-refractivity contribution in [2.24, 2.45) is 0 Å². The van der Waals surface area contributed by atoms with Crippen LogP contribution in [0.5, 0.6) is 0 Å². The van der Waals surface area contributed by atoms with Crippen molar-refractivity contribution in [2.75, 3.05) is 53.5 Å². The Labute approximate surface area is 211 Å². The lowest BCUT2D eigenvalue weighted by molar-refractivity contribution is -0.140. The van der Waals surface area contributed by atoms with E-state index >= 15 is 0 Å². The standard InChI is InChI=1S/C26H31N3O6S/c1-18-4-6-19(7-5-18)23-22(24(30)20-8-10-21(11-9-20)36(33,34)27(2)3)25(31)26(32)29(23)13-12-28-14-16-35-17-15-28/h4-11,23,30H,12-17H2,1-3H3/b24-22+. The first kappa shape index (κ1) is 26.0. The number of carbonyl (C=O) groups is 2. The number of carbonyl (C=O) groups excluding carboxylic acids is 2. The predicted molar refractivity (Wildman–Crippen MR) is 135 cm³/mol. The average Bonchev–Trinajstić information content (AvgIpc) is 3.13. The molecule has 1 N–H and O–H groups in total. The maximum absolute atomic E-state index is 13.2. The molecule has 2 fully saturated rings. The van der Waals surface area contributed by atoms with Crippen molar-refractivity contribution in [1.82, 2.24) is 14.1 Å². The fourth-order valence-electron chi connectivity index (χ4n) is 4.43. The Hall–Kier alpha value is -3.05. The number of ketones is 1. The van der Waals surface area contributed by atoms with E-state index in [0.717, 1.165) is 28.5 Å². The number of morpholine rings is 1. The highest BCUT2D eigenvalue weighted by molar-refractivity contribution is 7.89. The molecule has 1 amide bonds. The van der Waals surface area contributed by atoms with E-state index in [0.29, 0.717) is 26.3 Å². The molecule has 0 radical (unpaired) electrons. The van der Waals surface area contributed by atoms with Gasteiger partial charge in [-0.1, -0.05) is 29.8 Å². The van der Waals surface area contributed by atoms with Crippen LogP contribution in [0.3, 0.4) is 0 Å². The minimum absolute atomic E-state index is 0.00551. The molecular formula is C26H31N3O6S. The Balaban J connectivity index is 1.72. The third kappa shape index (κ3) is 5.08. The van der Waals surface area contributed by atoms with Gasteiger partial charge in [0.25, 0.3) is 11.7 Å². The molecule has 2 aromatic carbocycles. The number of benzene rings is 2. The summed E-state index contributed by atoms with van der Waals surface area (Å²) in [5.74, 6) is -1.76. The summed E-state index contributed by atoms with van der Waals surface area (Å²) in [4.78, 5) is 30.1. The molecule has 1 unspecified atom stereocenters. The van der Waals surface area contributed by atoms with E-state index in [9.17, 15) is 23.1 Å². The molecule has 10 heteroatoms. The van der Waals surface area contributed by atoms with Crippen LogP contribution in [0.15, 0.2) is 59.0 Å². The Morgan fingerprint density at radius 1 is 1.00 bits per heavy atom. The van der Waals surface area contributed by atoms with Crippen molar-refractivity contribution >= 4 is 27.5 Å². The molecule has 2 aromatic rings. The summed E-state index contributed by atoms with van der Waals surface area (Å²) in [5.41, 5.74) is 2.00. The lowest BCUT2D eigenvalue weighted by atomic mass is 9.95. The van der Waals surface area contributed by atoms with Gasteiger partial charge in [-0.15, -0.1) is 0 Å². The smallest absolute Gasteiger partial charge is 0.295 e. The molecule has 1 atom stereocenters. The average molecular weight is 514 g/mol. The Morgan fingerprint density at radius 2 is 1.61 bits per heavy atom. The number of hydrogen-bond acceptors (Lipinski definition) is 7. The number of nitrogens with zero attached hydrogens (tertiary/aromatic N) is 3. The van der Waals surface area contributed by atoms with Crippen LogP contribution in [-0.2, 0) is 24.3 Å². The number of amides is 1. The summed E-state index contributed by atoms with van der Waals surface area (Å²) >= 11 is 0. The molecular weight excluding hydrogens is 482 g/mol. The molecule has 0 aliphatic carbocycles. The molecule has 9 nitrogen and oxygen atoms in total. The first-order valence-corrected chi connectivity index (χ1v) is 13.2. The normalized spacial score (nSPS) is 20.9. The molecule has 0 spiro atoms. The maximum atomic E-state index is 13.2. The van der Waals surface area contributed by atoms with Crippen molar-refractivity contribution in [2.45, 2.75) is 17.9 Å². The van der Waals surface area contributed by atoms with Gasteiger partial charge >= 0.3 is 0 Å². The van der Waals surface area contributed by atoms with Crippen molar-refractivity contribution in [1.29, 1.82) is 0 Å². The second-order valence-corrected chi connectivity index (χ2v) is 11.3. The number of aliphatic hydroxyl groups is 1. The Kier molecular flexibility index (Phi) is 7.60. The van der Waals surface area contributed by atoms with Gasteiger partial charge in [-0.2, -0.15) is 0 Å². The van der Waals surface area contributed by atoms with Crippen molar-refractivity contribution in [3.05, 3.63) is 70.8 Å². The summed E-state index contributed by atoms with van der Waals surface area (Å²) in [5, 5.41) is 11.2. The molecule has 0 bridgehead atoms. The molecule has 2 aliphatic rings. The summed E-state index contributed by atoms with van der Waals surface area (Å²) in [6, 6.07) is 12.4. The first-order valence-electron chi connectivity index (χ1n) is 11.8. The van der Waals surface area contributed by atoms with E-state index in [1.165, 1.54) is 43.3 Å². The van der Waals surface area contributed by atoms with Gasteiger partial charge in [0.05, 0.1) is 29.7 Å². The minimum Gasteiger partial charge on any atom is -0.507 e. The fourth-order valence-corrected chi connectivity index (χ4v) is 5.33. The van der Waals surface area contributed by atoms with Crippen LogP contribution in [0.1, 0.15) is 22.7 Å². The number of hydrogen-bond donors (Lipinski definition) is 1. The van der Waals surface area contributed by atoms with Gasteiger partial charge in [0.15, 0.2) is 0 Å². The Bertz CT molecular complexity index is 1260. The topological polar surface area (TPSA) is 107 Å². The van der Waals surface area contributed by atoms with Gasteiger partial charge in [0.1, 0.15) is 5.76 Å². The van der Waals surface area contributed by atoms with E-state index in [2.05, 4.69) is 4.90 Å². The first-order chi connectivity index (χ1) is 17.1. The van der Waals surface area contributed by atoms with E-state index < -0.39 is 27.8 Å². The zero-order valence-electron chi connectivity index (χ0n) is 20.7. The van der Waals surface area contributed by atoms with E-state index in [1.807, 2.05) is 31.2 Å². The highest BCUT2D eigenvalue weighted by Gasteiger charge is 2.46. The van der Waals surface area contributed by atoms with Crippen LogP contribution in [0.25, 0.3) is 5.76 Å². The lowest BCUT2D eigenvalue weighted by Crippen LogP contribution is -2.42. The van der Waals surface area contributed by atoms with Crippen LogP contribution in [-0.4, -0.2) is 92.8 Å². The van der Waals surface area contributed by atoms with Crippen LogP contribution >= 0.6 is 0 Å². The largest absolute Gasteiger partial charge is 0.507 e. The lowest BCUT2D eigenvalue weighted by Gasteiger charge is -2.31. The van der Waals surface area contributed by atoms with E-state index in [4.69, 9.17) is 4.74 Å². The van der Waals surface area contributed by atoms with E-state index in [-0.39, 0.29) is 21.8 Å². The minimum atomic E-state index is -3.65. The molecule has 2 saturated heterocycles.